The molecule has 29 heavy (non-hydrogen) atoms. The number of hydrogen-bond donors (Lipinski definition) is 2. The van der Waals surface area contributed by atoms with Crippen LogP contribution in [0.25, 0.3) is 0 Å². The number of rotatable bonds is 8. The summed E-state index contributed by atoms with van der Waals surface area (Å²) < 4.78 is 16.6. The van der Waals surface area contributed by atoms with Gasteiger partial charge in [0.05, 0.1) is 26.4 Å². The summed E-state index contributed by atoms with van der Waals surface area (Å²) in [5.41, 5.74) is 0.939. The van der Waals surface area contributed by atoms with Gasteiger partial charge in [-0.15, -0.1) is 0 Å². The first-order valence-corrected chi connectivity index (χ1v) is 10.0. The van der Waals surface area contributed by atoms with Crippen LogP contribution >= 0.6 is 0 Å². The predicted molar refractivity (Wildman–Crippen MR) is 114 cm³/mol. The van der Waals surface area contributed by atoms with Crippen LogP contribution in [0.4, 0.5) is 0 Å². The summed E-state index contributed by atoms with van der Waals surface area (Å²) in [5, 5.41) is 6.69. The van der Waals surface area contributed by atoms with E-state index in [9.17, 15) is 4.79 Å². The van der Waals surface area contributed by atoms with Gasteiger partial charge in [-0.05, 0) is 44.4 Å². The molecule has 1 aliphatic rings. The van der Waals surface area contributed by atoms with Gasteiger partial charge in [0.25, 0.3) is 0 Å². The molecule has 0 aliphatic carbocycles. The minimum Gasteiger partial charge on any atom is -0.497 e. The number of nitrogens with one attached hydrogen (secondary N) is 2. The zero-order valence-corrected chi connectivity index (χ0v) is 18.2. The monoisotopic (exact) mass is 406 g/mol. The summed E-state index contributed by atoms with van der Waals surface area (Å²) in [7, 11) is 6.71. The van der Waals surface area contributed by atoms with Crippen molar-refractivity contribution in [2.24, 2.45) is 4.99 Å². The lowest BCUT2D eigenvalue weighted by Crippen LogP contribution is -2.44. The van der Waals surface area contributed by atoms with Gasteiger partial charge in [0.15, 0.2) is 5.96 Å². The van der Waals surface area contributed by atoms with E-state index in [4.69, 9.17) is 14.2 Å². The molecule has 2 rings (SSSR count). The highest BCUT2D eigenvalue weighted by atomic mass is 16.5. The molecule has 1 fully saturated rings. The van der Waals surface area contributed by atoms with E-state index in [1.807, 2.05) is 25.1 Å². The molecule has 1 heterocycles. The van der Waals surface area contributed by atoms with Crippen molar-refractivity contribution in [2.45, 2.75) is 38.3 Å². The second-order valence-corrected chi connectivity index (χ2v) is 7.30. The summed E-state index contributed by atoms with van der Waals surface area (Å²) in [6.45, 7) is 3.52. The normalized spacial score (nSPS) is 18.0. The molecule has 2 N–H and O–H groups in total. The smallest absolute Gasteiger partial charge is 0.243 e. The number of carbonyl (C=O) groups excluding carboxylic acids is 1. The number of likely N-dealkylation sites (N-methyl/N-ethyl adjacent to an activating group) is 1. The van der Waals surface area contributed by atoms with Gasteiger partial charge in [0.2, 0.25) is 5.91 Å². The minimum absolute atomic E-state index is 0.0633. The van der Waals surface area contributed by atoms with Crippen LogP contribution in [0.15, 0.2) is 23.2 Å². The fraction of sp³-hybridized carbons (Fsp3) is 0.619. The lowest BCUT2D eigenvalue weighted by molar-refractivity contribution is -0.127. The van der Waals surface area contributed by atoms with E-state index < -0.39 is 0 Å². The molecule has 2 unspecified atom stereocenters. The highest BCUT2D eigenvalue weighted by Gasteiger charge is 2.18. The largest absolute Gasteiger partial charge is 0.497 e. The number of ether oxygens (including phenoxy) is 3. The maximum atomic E-state index is 12.0. The Kier molecular flexibility index (Phi) is 9.05. The highest BCUT2D eigenvalue weighted by molar-refractivity contribution is 5.85. The Morgan fingerprint density at radius 2 is 2.10 bits per heavy atom. The molecule has 1 aromatic carbocycles. The van der Waals surface area contributed by atoms with Crippen LogP contribution in [0, 0.1) is 0 Å². The number of methoxy groups -OCH3 is 2. The van der Waals surface area contributed by atoms with E-state index in [1.165, 1.54) is 11.3 Å². The summed E-state index contributed by atoms with van der Waals surface area (Å²) in [6, 6.07) is 5.55. The SMILES string of the molecule is COc1ccc(OC)c(C(C)NC(=NCC(=O)N(C)C)NCC2CCCCO2)c1. The van der Waals surface area contributed by atoms with Crippen molar-refractivity contribution in [1.29, 1.82) is 0 Å². The number of carbonyl (C=O) groups is 1. The third-order valence-electron chi connectivity index (χ3n) is 4.90. The van der Waals surface area contributed by atoms with E-state index in [-0.39, 0.29) is 24.6 Å². The van der Waals surface area contributed by atoms with Crippen LogP contribution in [0.5, 0.6) is 11.5 Å². The summed E-state index contributed by atoms with van der Waals surface area (Å²) in [5.74, 6) is 2.00. The van der Waals surface area contributed by atoms with E-state index in [0.29, 0.717) is 12.5 Å². The van der Waals surface area contributed by atoms with Crippen LogP contribution in [-0.4, -0.2) is 70.9 Å². The molecule has 1 amide bonds. The lowest BCUT2D eigenvalue weighted by Gasteiger charge is -2.25. The molecule has 8 heteroatoms. The first-order valence-electron chi connectivity index (χ1n) is 10.0. The third kappa shape index (κ3) is 7.12. The van der Waals surface area contributed by atoms with Crippen molar-refractivity contribution in [3.05, 3.63) is 23.8 Å². The molecule has 0 aromatic heterocycles. The second-order valence-electron chi connectivity index (χ2n) is 7.30. The van der Waals surface area contributed by atoms with Crippen LogP contribution in [0.1, 0.15) is 37.8 Å². The van der Waals surface area contributed by atoms with Gasteiger partial charge in [-0.3, -0.25) is 4.79 Å². The number of benzene rings is 1. The molecule has 0 spiro atoms. The van der Waals surface area contributed by atoms with Crippen LogP contribution in [0.3, 0.4) is 0 Å². The molecule has 162 valence electrons. The van der Waals surface area contributed by atoms with Crippen molar-refractivity contribution in [2.75, 3.05) is 48.0 Å². The fourth-order valence-electron chi connectivity index (χ4n) is 3.08. The number of hydrogen-bond acceptors (Lipinski definition) is 5. The minimum atomic E-state index is -0.118. The van der Waals surface area contributed by atoms with Crippen LogP contribution in [0.2, 0.25) is 0 Å². The van der Waals surface area contributed by atoms with E-state index >= 15 is 0 Å². The summed E-state index contributed by atoms with van der Waals surface area (Å²) >= 11 is 0. The van der Waals surface area contributed by atoms with Gasteiger partial charge in [0, 0.05) is 32.8 Å². The van der Waals surface area contributed by atoms with Crippen molar-refractivity contribution < 1.29 is 19.0 Å². The van der Waals surface area contributed by atoms with E-state index in [0.717, 1.165) is 36.5 Å². The molecular weight excluding hydrogens is 372 g/mol. The Balaban J connectivity index is 2.12. The van der Waals surface area contributed by atoms with Gasteiger partial charge in [-0.2, -0.15) is 0 Å². The summed E-state index contributed by atoms with van der Waals surface area (Å²) in [4.78, 5) is 18.0. The number of nitrogens with zero attached hydrogens (tertiary/aromatic N) is 2. The molecule has 1 saturated heterocycles. The Hall–Kier alpha value is -2.48. The van der Waals surface area contributed by atoms with Gasteiger partial charge in [-0.25, -0.2) is 4.99 Å². The average Bonchev–Trinajstić information content (AvgIpc) is 2.75. The molecule has 1 aromatic rings. The molecule has 0 saturated carbocycles. The summed E-state index contributed by atoms with van der Waals surface area (Å²) in [6.07, 6.45) is 3.46. The first-order chi connectivity index (χ1) is 13.9. The lowest BCUT2D eigenvalue weighted by atomic mass is 10.1. The van der Waals surface area contributed by atoms with Crippen molar-refractivity contribution in [3.8, 4) is 11.5 Å². The van der Waals surface area contributed by atoms with Crippen LogP contribution in [-0.2, 0) is 9.53 Å². The van der Waals surface area contributed by atoms with Gasteiger partial charge in [-0.1, -0.05) is 0 Å². The van der Waals surface area contributed by atoms with Gasteiger partial charge < -0.3 is 29.7 Å². The molecule has 1 aliphatic heterocycles. The number of amides is 1. The molecule has 0 radical (unpaired) electrons. The van der Waals surface area contributed by atoms with Crippen LogP contribution < -0.4 is 20.1 Å². The first kappa shape index (κ1) is 22.8. The Labute approximate surface area is 173 Å². The van der Waals surface area contributed by atoms with E-state index in [2.05, 4.69) is 15.6 Å². The standard InChI is InChI=1S/C21H34N4O4/c1-15(18-12-16(27-4)9-10-19(18)28-5)24-21(23-14-20(26)25(2)3)22-13-17-8-6-7-11-29-17/h9-10,12,15,17H,6-8,11,13-14H2,1-5H3,(H2,22,23,24). The topological polar surface area (TPSA) is 84.4 Å². The molecule has 2 atom stereocenters. The quantitative estimate of drug-likeness (QED) is 0.507. The Morgan fingerprint density at radius 1 is 1.31 bits per heavy atom. The van der Waals surface area contributed by atoms with Gasteiger partial charge in [0.1, 0.15) is 18.0 Å². The Bertz CT molecular complexity index is 687. The maximum Gasteiger partial charge on any atom is 0.243 e. The van der Waals surface area contributed by atoms with Crippen molar-refractivity contribution in [1.82, 2.24) is 15.5 Å². The molecular formula is C21H34N4O4. The van der Waals surface area contributed by atoms with Gasteiger partial charge >= 0.3 is 0 Å². The zero-order valence-electron chi connectivity index (χ0n) is 18.2. The number of guanidine groups is 1. The maximum absolute atomic E-state index is 12.0. The zero-order chi connectivity index (χ0) is 21.2. The predicted octanol–water partition coefficient (Wildman–Crippen LogP) is 1.96. The van der Waals surface area contributed by atoms with Crippen molar-refractivity contribution >= 4 is 11.9 Å². The molecule has 8 nitrogen and oxygen atoms in total. The number of aliphatic imine (C=N–C) groups is 1. The second kappa shape index (κ2) is 11.5. The Morgan fingerprint density at radius 3 is 2.72 bits per heavy atom. The molecule has 0 bridgehead atoms. The highest BCUT2D eigenvalue weighted by Crippen LogP contribution is 2.29. The fourth-order valence-corrected chi connectivity index (χ4v) is 3.08. The average molecular weight is 407 g/mol. The third-order valence-corrected chi connectivity index (χ3v) is 4.90. The van der Waals surface area contributed by atoms with E-state index in [1.54, 1.807) is 28.3 Å². The van der Waals surface area contributed by atoms with Crippen molar-refractivity contribution in [3.63, 3.8) is 0 Å².